The molecule has 0 bridgehead atoms. The number of carbonyl (C=O) groups is 1. The molecule has 1 aromatic heterocycles. The van der Waals surface area contributed by atoms with Gasteiger partial charge in [-0.2, -0.15) is 0 Å². The maximum Gasteiger partial charge on any atom is 0.253 e. The van der Waals surface area contributed by atoms with Crippen LogP contribution in [0.3, 0.4) is 0 Å². The highest BCUT2D eigenvalue weighted by molar-refractivity contribution is 5.94. The van der Waals surface area contributed by atoms with Gasteiger partial charge in [0, 0.05) is 39.0 Å². The second kappa shape index (κ2) is 7.70. The van der Waals surface area contributed by atoms with Crippen molar-refractivity contribution in [1.82, 2.24) is 9.88 Å². The van der Waals surface area contributed by atoms with Gasteiger partial charge in [-0.05, 0) is 19.1 Å². The van der Waals surface area contributed by atoms with Crippen molar-refractivity contribution in [3.8, 4) is 0 Å². The summed E-state index contributed by atoms with van der Waals surface area (Å²) in [6.07, 6.45) is 0.902. The van der Waals surface area contributed by atoms with Crippen molar-refractivity contribution in [3.05, 3.63) is 23.9 Å². The second-order valence-corrected chi connectivity index (χ2v) is 4.25. The molecule has 6 heteroatoms. The monoisotopic (exact) mass is 267 g/mol. The molecule has 0 radical (unpaired) electrons. The molecule has 6 nitrogen and oxygen atoms in total. The summed E-state index contributed by atoms with van der Waals surface area (Å²) in [6, 6.07) is 3.35. The van der Waals surface area contributed by atoms with Crippen molar-refractivity contribution in [2.24, 2.45) is 0 Å². The first-order valence-corrected chi connectivity index (χ1v) is 6.20. The van der Waals surface area contributed by atoms with E-state index in [4.69, 9.17) is 4.74 Å². The predicted octanol–water partition coefficient (Wildman–Crippen LogP) is 0.593. The van der Waals surface area contributed by atoms with E-state index in [0.29, 0.717) is 11.4 Å². The lowest BCUT2D eigenvalue weighted by Gasteiger charge is -2.20. The lowest BCUT2D eigenvalue weighted by molar-refractivity contribution is 0.0380. The number of pyridine rings is 1. The van der Waals surface area contributed by atoms with Crippen LogP contribution in [0.1, 0.15) is 17.3 Å². The fourth-order valence-corrected chi connectivity index (χ4v) is 1.71. The van der Waals surface area contributed by atoms with Crippen LogP contribution in [-0.4, -0.2) is 60.9 Å². The molecule has 0 aliphatic heterocycles. The minimum atomic E-state index is -0.686. The Morgan fingerprint density at radius 3 is 3.00 bits per heavy atom. The molecule has 0 aliphatic rings. The standard InChI is InChI=1S/C13H21N3O3/c1-4-14-12-7-10(5-6-15-12)13(18)16(2)8-11(17)9-19-3/h5-7,11,17H,4,8-9H2,1-3H3,(H,14,15). The summed E-state index contributed by atoms with van der Waals surface area (Å²) in [7, 11) is 3.16. The molecule has 1 heterocycles. The van der Waals surface area contributed by atoms with Gasteiger partial charge in [0.25, 0.3) is 5.91 Å². The van der Waals surface area contributed by atoms with E-state index in [1.54, 1.807) is 25.4 Å². The Hall–Kier alpha value is -1.66. The quantitative estimate of drug-likeness (QED) is 0.756. The fraction of sp³-hybridized carbons (Fsp3) is 0.538. The molecule has 1 amide bonds. The van der Waals surface area contributed by atoms with Crippen LogP contribution in [0.25, 0.3) is 0 Å². The van der Waals surface area contributed by atoms with E-state index in [0.717, 1.165) is 6.54 Å². The number of aliphatic hydroxyl groups excluding tert-OH is 1. The van der Waals surface area contributed by atoms with E-state index in [9.17, 15) is 9.90 Å². The molecule has 1 atom stereocenters. The van der Waals surface area contributed by atoms with Crippen LogP contribution in [0, 0.1) is 0 Å². The van der Waals surface area contributed by atoms with Crippen LogP contribution in [-0.2, 0) is 4.74 Å². The summed E-state index contributed by atoms with van der Waals surface area (Å²) in [5.74, 6) is 0.510. The third-order valence-corrected chi connectivity index (χ3v) is 2.56. The number of aromatic nitrogens is 1. The van der Waals surface area contributed by atoms with Crippen molar-refractivity contribution in [2.75, 3.05) is 39.2 Å². The molecule has 0 aromatic carbocycles. The molecule has 1 unspecified atom stereocenters. The topological polar surface area (TPSA) is 74.7 Å². The molecule has 0 saturated heterocycles. The predicted molar refractivity (Wildman–Crippen MR) is 73.2 cm³/mol. The summed E-state index contributed by atoms with van der Waals surface area (Å²) in [5, 5.41) is 12.7. The van der Waals surface area contributed by atoms with Gasteiger partial charge in [-0.15, -0.1) is 0 Å². The summed E-state index contributed by atoms with van der Waals surface area (Å²) < 4.78 is 4.83. The van der Waals surface area contributed by atoms with Crippen molar-refractivity contribution in [2.45, 2.75) is 13.0 Å². The Labute approximate surface area is 113 Å². The highest BCUT2D eigenvalue weighted by atomic mass is 16.5. The number of likely N-dealkylation sites (N-methyl/N-ethyl adjacent to an activating group) is 1. The van der Waals surface area contributed by atoms with Crippen LogP contribution < -0.4 is 5.32 Å². The number of ether oxygens (including phenoxy) is 1. The number of hydrogen-bond donors (Lipinski definition) is 2. The molecular formula is C13H21N3O3. The smallest absolute Gasteiger partial charge is 0.253 e. The largest absolute Gasteiger partial charge is 0.389 e. The third kappa shape index (κ3) is 4.84. The van der Waals surface area contributed by atoms with Crippen LogP contribution in [0.5, 0.6) is 0 Å². The minimum Gasteiger partial charge on any atom is -0.389 e. The minimum absolute atomic E-state index is 0.156. The summed E-state index contributed by atoms with van der Waals surface area (Å²) in [5.41, 5.74) is 0.540. The molecule has 1 rings (SSSR count). The Bertz CT molecular complexity index is 412. The number of anilines is 1. The highest BCUT2D eigenvalue weighted by Gasteiger charge is 2.15. The average molecular weight is 267 g/mol. The van der Waals surface area contributed by atoms with Gasteiger partial charge in [0.05, 0.1) is 12.7 Å². The van der Waals surface area contributed by atoms with Gasteiger partial charge in [0.1, 0.15) is 5.82 Å². The normalized spacial score (nSPS) is 12.0. The van der Waals surface area contributed by atoms with Crippen molar-refractivity contribution >= 4 is 11.7 Å². The number of rotatable bonds is 7. The number of methoxy groups -OCH3 is 1. The van der Waals surface area contributed by atoms with Crippen molar-refractivity contribution in [1.29, 1.82) is 0 Å². The first-order valence-electron chi connectivity index (χ1n) is 6.20. The number of carbonyl (C=O) groups excluding carboxylic acids is 1. The first-order chi connectivity index (χ1) is 9.08. The third-order valence-electron chi connectivity index (χ3n) is 2.56. The Kier molecular flexibility index (Phi) is 6.24. The Morgan fingerprint density at radius 1 is 1.63 bits per heavy atom. The van der Waals surface area contributed by atoms with Gasteiger partial charge in [-0.25, -0.2) is 4.98 Å². The molecule has 0 spiro atoms. The molecule has 106 valence electrons. The molecule has 2 N–H and O–H groups in total. The Balaban J connectivity index is 2.68. The average Bonchev–Trinajstić information content (AvgIpc) is 2.38. The maximum atomic E-state index is 12.2. The number of nitrogens with zero attached hydrogens (tertiary/aromatic N) is 2. The number of amides is 1. The van der Waals surface area contributed by atoms with Crippen LogP contribution in [0.15, 0.2) is 18.3 Å². The zero-order chi connectivity index (χ0) is 14.3. The lowest BCUT2D eigenvalue weighted by atomic mass is 10.2. The van der Waals surface area contributed by atoms with Crippen molar-refractivity contribution < 1.29 is 14.6 Å². The molecule has 19 heavy (non-hydrogen) atoms. The first kappa shape index (κ1) is 15.4. The summed E-state index contributed by atoms with van der Waals surface area (Å²) in [4.78, 5) is 17.7. The van der Waals surface area contributed by atoms with E-state index >= 15 is 0 Å². The molecule has 1 aromatic rings. The van der Waals surface area contributed by atoms with Crippen molar-refractivity contribution in [3.63, 3.8) is 0 Å². The van der Waals surface area contributed by atoms with Crippen LogP contribution in [0.2, 0.25) is 0 Å². The van der Waals surface area contributed by atoms with Crippen LogP contribution in [0.4, 0.5) is 5.82 Å². The number of nitrogens with one attached hydrogen (secondary N) is 1. The van der Waals surface area contributed by atoms with E-state index < -0.39 is 6.10 Å². The molecule has 0 fully saturated rings. The van der Waals surface area contributed by atoms with E-state index in [1.165, 1.54) is 12.0 Å². The zero-order valence-electron chi connectivity index (χ0n) is 11.6. The van der Waals surface area contributed by atoms with Gasteiger partial charge in [0.2, 0.25) is 0 Å². The van der Waals surface area contributed by atoms with Gasteiger partial charge in [-0.1, -0.05) is 0 Å². The summed E-state index contributed by atoms with van der Waals surface area (Å²) in [6.45, 7) is 3.14. The number of aliphatic hydroxyl groups is 1. The fourth-order valence-electron chi connectivity index (χ4n) is 1.71. The summed E-state index contributed by atoms with van der Waals surface area (Å²) >= 11 is 0. The lowest BCUT2D eigenvalue weighted by Crippen LogP contribution is -2.36. The SMILES string of the molecule is CCNc1cc(C(=O)N(C)CC(O)COC)ccn1. The zero-order valence-corrected chi connectivity index (χ0v) is 11.6. The van der Waals surface area contributed by atoms with Gasteiger partial charge >= 0.3 is 0 Å². The van der Waals surface area contributed by atoms with Gasteiger partial charge in [0.15, 0.2) is 0 Å². The number of hydrogen-bond acceptors (Lipinski definition) is 5. The highest BCUT2D eigenvalue weighted by Crippen LogP contribution is 2.09. The van der Waals surface area contributed by atoms with E-state index in [1.807, 2.05) is 6.92 Å². The second-order valence-electron chi connectivity index (χ2n) is 4.25. The molecule has 0 saturated carbocycles. The molecular weight excluding hydrogens is 246 g/mol. The van der Waals surface area contributed by atoms with Crippen LogP contribution >= 0.6 is 0 Å². The Morgan fingerprint density at radius 2 is 2.37 bits per heavy atom. The molecule has 0 aliphatic carbocycles. The van der Waals surface area contributed by atoms with Gasteiger partial charge in [-0.3, -0.25) is 4.79 Å². The van der Waals surface area contributed by atoms with Gasteiger partial charge < -0.3 is 20.1 Å². The van der Waals surface area contributed by atoms with E-state index in [-0.39, 0.29) is 19.1 Å². The maximum absolute atomic E-state index is 12.2. The van der Waals surface area contributed by atoms with E-state index in [2.05, 4.69) is 10.3 Å².